The Bertz CT molecular complexity index is 373. The molecule has 1 rings (SSSR count). The zero-order valence-electron chi connectivity index (χ0n) is 9.78. The molecule has 0 aliphatic rings. The molecule has 94 valence electrons. The Balaban J connectivity index is 2.31. The Kier molecular flexibility index (Phi) is 6.40. The third-order valence-electron chi connectivity index (χ3n) is 2.26. The molecular formula is C12H17ClN2OS. The van der Waals surface area contributed by atoms with Gasteiger partial charge in [-0.1, -0.05) is 36.7 Å². The molecule has 0 heterocycles. The Hall–Kier alpha value is -0.710. The number of thioether (sulfide) groups is 1. The number of carbonyl (C=O) groups excluding carboxylic acids is 1. The lowest BCUT2D eigenvalue weighted by Gasteiger charge is -2.09. The number of hydrogen-bond donors (Lipinski definition) is 2. The highest BCUT2D eigenvalue weighted by atomic mass is 35.5. The number of halogens is 1. The van der Waals surface area contributed by atoms with Gasteiger partial charge in [-0.25, -0.2) is 0 Å². The molecule has 0 bridgehead atoms. The van der Waals surface area contributed by atoms with E-state index in [1.165, 1.54) is 0 Å². The maximum absolute atomic E-state index is 11.5. The second kappa shape index (κ2) is 7.58. The summed E-state index contributed by atoms with van der Waals surface area (Å²) >= 11 is 7.54. The van der Waals surface area contributed by atoms with E-state index in [1.54, 1.807) is 11.8 Å². The molecule has 0 fully saturated rings. The average Bonchev–Trinajstić information content (AvgIpc) is 2.35. The molecule has 0 radical (unpaired) electrons. The summed E-state index contributed by atoms with van der Waals surface area (Å²) in [6, 6.07) is 7.48. The van der Waals surface area contributed by atoms with Gasteiger partial charge >= 0.3 is 0 Å². The lowest BCUT2D eigenvalue weighted by Crippen LogP contribution is -2.26. The van der Waals surface area contributed by atoms with Gasteiger partial charge in [-0.15, -0.1) is 11.8 Å². The minimum Gasteiger partial charge on any atom is -0.351 e. The van der Waals surface area contributed by atoms with Crippen LogP contribution in [0.15, 0.2) is 24.3 Å². The number of benzene rings is 1. The first-order chi connectivity index (χ1) is 8.13. The van der Waals surface area contributed by atoms with Crippen LogP contribution in [0.25, 0.3) is 0 Å². The first-order valence-electron chi connectivity index (χ1n) is 5.45. The first-order valence-corrected chi connectivity index (χ1v) is 6.88. The molecule has 1 aromatic carbocycles. The van der Waals surface area contributed by atoms with Gasteiger partial charge in [0.2, 0.25) is 5.91 Å². The van der Waals surface area contributed by atoms with Crippen molar-refractivity contribution in [3.63, 3.8) is 0 Å². The number of nitrogens with two attached hydrogens (primary N) is 1. The monoisotopic (exact) mass is 272 g/mol. The van der Waals surface area contributed by atoms with Crippen molar-refractivity contribution in [2.45, 2.75) is 18.7 Å². The fourth-order valence-corrected chi connectivity index (χ4v) is 2.05. The number of amides is 1. The summed E-state index contributed by atoms with van der Waals surface area (Å²) in [5.41, 5.74) is 6.40. The summed E-state index contributed by atoms with van der Waals surface area (Å²) in [5, 5.41) is 3.82. The maximum Gasteiger partial charge on any atom is 0.230 e. The van der Waals surface area contributed by atoms with Crippen molar-refractivity contribution in [1.82, 2.24) is 5.32 Å². The van der Waals surface area contributed by atoms with Crippen LogP contribution in [0.2, 0.25) is 5.02 Å². The summed E-state index contributed by atoms with van der Waals surface area (Å²) in [5.74, 6) is 0.443. The summed E-state index contributed by atoms with van der Waals surface area (Å²) < 4.78 is 0. The Morgan fingerprint density at radius 1 is 1.53 bits per heavy atom. The molecular weight excluding hydrogens is 256 g/mol. The molecule has 1 unspecified atom stereocenters. The molecule has 3 nitrogen and oxygen atoms in total. The number of rotatable bonds is 6. The van der Waals surface area contributed by atoms with Gasteiger partial charge in [-0.05, 0) is 11.6 Å². The van der Waals surface area contributed by atoms with E-state index < -0.39 is 0 Å². The molecule has 1 aromatic rings. The van der Waals surface area contributed by atoms with Crippen molar-refractivity contribution in [1.29, 1.82) is 0 Å². The third-order valence-corrected chi connectivity index (χ3v) is 3.82. The molecule has 0 aliphatic carbocycles. The van der Waals surface area contributed by atoms with E-state index in [0.717, 1.165) is 5.56 Å². The molecule has 3 N–H and O–H groups in total. The smallest absolute Gasteiger partial charge is 0.230 e. The number of nitrogens with one attached hydrogen (secondary N) is 1. The maximum atomic E-state index is 11.5. The van der Waals surface area contributed by atoms with Crippen LogP contribution in [0.3, 0.4) is 0 Å². The van der Waals surface area contributed by atoms with Crippen LogP contribution >= 0.6 is 23.4 Å². The van der Waals surface area contributed by atoms with Crippen molar-refractivity contribution < 1.29 is 4.79 Å². The molecule has 1 atom stereocenters. The Morgan fingerprint density at radius 3 is 2.88 bits per heavy atom. The van der Waals surface area contributed by atoms with Crippen LogP contribution in [0, 0.1) is 0 Å². The molecule has 0 aromatic heterocycles. The number of carbonyl (C=O) groups is 1. The summed E-state index contributed by atoms with van der Waals surface area (Å²) in [7, 11) is 0. The normalized spacial score (nSPS) is 12.2. The highest BCUT2D eigenvalue weighted by Gasteiger charge is 2.06. The van der Waals surface area contributed by atoms with Crippen LogP contribution in [-0.4, -0.2) is 23.5 Å². The predicted octanol–water partition coefficient (Wildman–Crippen LogP) is 2.04. The Labute approximate surface area is 111 Å². The van der Waals surface area contributed by atoms with Crippen molar-refractivity contribution in [2.24, 2.45) is 5.73 Å². The summed E-state index contributed by atoms with van der Waals surface area (Å²) in [6.45, 7) is 3.06. The molecule has 0 spiro atoms. The van der Waals surface area contributed by atoms with E-state index in [9.17, 15) is 4.79 Å². The lowest BCUT2D eigenvalue weighted by atomic mass is 10.2. The minimum atomic E-state index is 0.00946. The second-order valence-corrected chi connectivity index (χ2v) is 5.56. The zero-order chi connectivity index (χ0) is 12.7. The molecule has 0 aliphatic heterocycles. The van der Waals surface area contributed by atoms with E-state index in [1.807, 2.05) is 31.2 Å². The van der Waals surface area contributed by atoms with Gasteiger partial charge in [0.1, 0.15) is 0 Å². The third kappa shape index (κ3) is 5.44. The minimum absolute atomic E-state index is 0.00946. The van der Waals surface area contributed by atoms with E-state index >= 15 is 0 Å². The standard InChI is InChI=1S/C12H17ClN2OS/c1-9(6-14)17-8-12(16)15-7-10-4-2-3-5-11(10)13/h2-5,9H,6-8,14H2,1H3,(H,15,16). The van der Waals surface area contributed by atoms with E-state index in [2.05, 4.69) is 5.32 Å². The second-order valence-electron chi connectivity index (χ2n) is 3.73. The zero-order valence-corrected chi connectivity index (χ0v) is 11.4. The van der Waals surface area contributed by atoms with Gasteiger partial charge in [0.25, 0.3) is 0 Å². The van der Waals surface area contributed by atoms with Crippen molar-refractivity contribution in [3.05, 3.63) is 34.9 Å². The lowest BCUT2D eigenvalue weighted by molar-refractivity contribution is -0.118. The molecule has 1 amide bonds. The highest BCUT2D eigenvalue weighted by Crippen LogP contribution is 2.14. The fourth-order valence-electron chi connectivity index (χ4n) is 1.17. The van der Waals surface area contributed by atoms with Gasteiger partial charge in [-0.3, -0.25) is 4.79 Å². The van der Waals surface area contributed by atoms with Gasteiger partial charge in [0.15, 0.2) is 0 Å². The summed E-state index contributed by atoms with van der Waals surface area (Å²) in [6.07, 6.45) is 0. The van der Waals surface area contributed by atoms with Crippen LogP contribution < -0.4 is 11.1 Å². The predicted molar refractivity (Wildman–Crippen MR) is 74.3 cm³/mol. The van der Waals surface area contributed by atoms with E-state index in [-0.39, 0.29) is 5.91 Å². The fraction of sp³-hybridized carbons (Fsp3) is 0.417. The molecule has 5 heteroatoms. The summed E-state index contributed by atoms with van der Waals surface area (Å²) in [4.78, 5) is 11.5. The van der Waals surface area contributed by atoms with Gasteiger partial charge in [0, 0.05) is 23.4 Å². The topological polar surface area (TPSA) is 55.1 Å². The average molecular weight is 273 g/mol. The highest BCUT2D eigenvalue weighted by molar-refractivity contribution is 8.00. The number of hydrogen-bond acceptors (Lipinski definition) is 3. The van der Waals surface area contributed by atoms with Crippen LogP contribution in [-0.2, 0) is 11.3 Å². The van der Waals surface area contributed by atoms with E-state index in [4.69, 9.17) is 17.3 Å². The van der Waals surface area contributed by atoms with Gasteiger partial charge < -0.3 is 11.1 Å². The van der Waals surface area contributed by atoms with Gasteiger partial charge in [0.05, 0.1) is 5.75 Å². The molecule has 0 saturated heterocycles. The van der Waals surface area contributed by atoms with Crippen molar-refractivity contribution in [3.8, 4) is 0 Å². The van der Waals surface area contributed by atoms with E-state index in [0.29, 0.717) is 29.1 Å². The van der Waals surface area contributed by atoms with Crippen molar-refractivity contribution in [2.75, 3.05) is 12.3 Å². The quantitative estimate of drug-likeness (QED) is 0.833. The van der Waals surface area contributed by atoms with Crippen LogP contribution in [0.5, 0.6) is 0 Å². The first kappa shape index (κ1) is 14.4. The van der Waals surface area contributed by atoms with Gasteiger partial charge in [-0.2, -0.15) is 0 Å². The van der Waals surface area contributed by atoms with Crippen molar-refractivity contribution >= 4 is 29.3 Å². The SMILES string of the molecule is CC(CN)SCC(=O)NCc1ccccc1Cl. The molecule has 0 saturated carbocycles. The molecule has 17 heavy (non-hydrogen) atoms. The van der Waals surface area contributed by atoms with Crippen LogP contribution in [0.1, 0.15) is 12.5 Å². The van der Waals surface area contributed by atoms with Crippen LogP contribution in [0.4, 0.5) is 0 Å². The Morgan fingerprint density at radius 2 is 2.24 bits per heavy atom. The largest absolute Gasteiger partial charge is 0.351 e.